The van der Waals surface area contributed by atoms with Crippen LogP contribution < -0.4 is 11.1 Å². The predicted molar refractivity (Wildman–Crippen MR) is 37.1 cm³/mol. The molecule has 1 heterocycles. The maximum absolute atomic E-state index is 10.3. The Bertz CT molecular complexity index is 230. The summed E-state index contributed by atoms with van der Waals surface area (Å²) in [7, 11) is 1.74. The van der Waals surface area contributed by atoms with Crippen molar-refractivity contribution in [3.05, 3.63) is 16.4 Å². The van der Waals surface area contributed by atoms with Gasteiger partial charge in [0.15, 0.2) is 0 Å². The maximum Gasteiger partial charge on any atom is 0.434 e. The fourth-order valence-corrected chi connectivity index (χ4v) is 0.487. The molecule has 0 amide bonds. The van der Waals surface area contributed by atoms with Crippen molar-refractivity contribution >= 4 is 12.4 Å². The van der Waals surface area contributed by atoms with Crippen LogP contribution in [0.1, 0.15) is 5.89 Å². The van der Waals surface area contributed by atoms with Gasteiger partial charge < -0.3 is 9.73 Å². The smallest absolute Gasteiger partial charge is 0.391 e. The molecule has 2 N–H and O–H groups in total. The molecule has 0 bridgehead atoms. The number of hydrogen-bond acceptors (Lipinski definition) is 4. The molecule has 0 aliphatic rings. The number of aromatic amines is 1. The molecule has 0 fully saturated rings. The average molecular weight is 166 g/mol. The minimum Gasteiger partial charge on any atom is -0.391 e. The van der Waals surface area contributed by atoms with Gasteiger partial charge in [-0.1, -0.05) is 0 Å². The number of halogens is 1. The summed E-state index contributed by atoms with van der Waals surface area (Å²) < 4.78 is 4.54. The Kier molecular flexibility index (Phi) is 3.75. The summed E-state index contributed by atoms with van der Waals surface area (Å²) in [5.74, 6) is -0.136. The lowest BCUT2D eigenvalue weighted by molar-refractivity contribution is 0.451. The van der Waals surface area contributed by atoms with Crippen LogP contribution in [0, 0.1) is 0 Å². The molecule has 0 aliphatic carbocycles. The van der Waals surface area contributed by atoms with Crippen LogP contribution in [0.15, 0.2) is 9.21 Å². The molecule has 0 spiro atoms. The lowest BCUT2D eigenvalue weighted by atomic mass is 10.7. The summed E-state index contributed by atoms with van der Waals surface area (Å²) in [6.45, 7) is 0.471. The van der Waals surface area contributed by atoms with Crippen molar-refractivity contribution in [2.45, 2.75) is 6.54 Å². The van der Waals surface area contributed by atoms with Crippen LogP contribution in [0.2, 0.25) is 0 Å². The molecule has 5 nitrogen and oxygen atoms in total. The number of H-pyrrole nitrogens is 1. The SMILES string of the molecule is CNCc1n[nH]c(=O)o1.Cl. The quantitative estimate of drug-likeness (QED) is 0.620. The minimum atomic E-state index is -0.514. The van der Waals surface area contributed by atoms with Crippen LogP contribution in [0.25, 0.3) is 0 Å². The fraction of sp³-hybridized carbons (Fsp3) is 0.500. The molecule has 1 rings (SSSR count). The van der Waals surface area contributed by atoms with E-state index in [0.717, 1.165) is 0 Å². The Morgan fingerprint density at radius 1 is 1.80 bits per heavy atom. The van der Waals surface area contributed by atoms with E-state index in [1.807, 2.05) is 0 Å². The number of aromatic nitrogens is 2. The van der Waals surface area contributed by atoms with Crippen molar-refractivity contribution in [2.75, 3.05) is 7.05 Å². The standard InChI is InChI=1S/C4H7N3O2.ClH/c1-5-2-3-6-7-4(8)9-3;/h5H,2H2,1H3,(H,7,8);1H. The molecular weight excluding hydrogens is 158 g/mol. The fourth-order valence-electron chi connectivity index (χ4n) is 0.487. The van der Waals surface area contributed by atoms with Gasteiger partial charge >= 0.3 is 5.76 Å². The predicted octanol–water partition coefficient (Wildman–Crippen LogP) is -0.496. The first kappa shape index (κ1) is 9.19. The molecule has 58 valence electrons. The molecular formula is C4H8ClN3O2. The summed E-state index contributed by atoms with van der Waals surface area (Å²) in [5.41, 5.74) is 0. The zero-order chi connectivity index (χ0) is 6.69. The highest BCUT2D eigenvalue weighted by Crippen LogP contribution is 1.82. The first-order chi connectivity index (χ1) is 4.33. The average Bonchev–Trinajstić information content (AvgIpc) is 2.17. The Labute approximate surface area is 63.2 Å². The van der Waals surface area contributed by atoms with Gasteiger partial charge in [0.05, 0.1) is 6.54 Å². The van der Waals surface area contributed by atoms with Gasteiger partial charge in [0.1, 0.15) is 0 Å². The van der Waals surface area contributed by atoms with Gasteiger partial charge in [0, 0.05) is 0 Å². The maximum atomic E-state index is 10.3. The second kappa shape index (κ2) is 4.08. The third kappa shape index (κ3) is 2.20. The van der Waals surface area contributed by atoms with Gasteiger partial charge in [-0.15, -0.1) is 17.5 Å². The Balaban J connectivity index is 0.000000810. The van der Waals surface area contributed by atoms with E-state index in [0.29, 0.717) is 12.4 Å². The largest absolute Gasteiger partial charge is 0.434 e. The molecule has 10 heavy (non-hydrogen) atoms. The topological polar surface area (TPSA) is 70.9 Å². The van der Waals surface area contributed by atoms with Crippen LogP contribution >= 0.6 is 12.4 Å². The number of hydrogen-bond donors (Lipinski definition) is 2. The van der Waals surface area contributed by atoms with Gasteiger partial charge in [-0.3, -0.25) is 0 Å². The molecule has 0 saturated heterocycles. The van der Waals surface area contributed by atoms with E-state index in [9.17, 15) is 4.79 Å². The van der Waals surface area contributed by atoms with Crippen LogP contribution in [-0.4, -0.2) is 17.2 Å². The summed E-state index contributed by atoms with van der Waals surface area (Å²) in [5, 5.41) is 8.46. The van der Waals surface area contributed by atoms with Gasteiger partial charge in [0.2, 0.25) is 5.89 Å². The van der Waals surface area contributed by atoms with Crippen molar-refractivity contribution < 1.29 is 4.42 Å². The van der Waals surface area contributed by atoms with E-state index < -0.39 is 5.76 Å². The van der Waals surface area contributed by atoms with E-state index in [1.165, 1.54) is 0 Å². The summed E-state index contributed by atoms with van der Waals surface area (Å²) >= 11 is 0. The third-order valence-electron chi connectivity index (χ3n) is 0.810. The van der Waals surface area contributed by atoms with Gasteiger partial charge in [0.25, 0.3) is 0 Å². The Morgan fingerprint density at radius 2 is 2.50 bits per heavy atom. The first-order valence-corrected chi connectivity index (χ1v) is 2.52. The monoisotopic (exact) mass is 165 g/mol. The third-order valence-corrected chi connectivity index (χ3v) is 0.810. The lowest BCUT2D eigenvalue weighted by Crippen LogP contribution is -2.05. The highest BCUT2D eigenvalue weighted by atomic mass is 35.5. The molecule has 0 aromatic carbocycles. The van der Waals surface area contributed by atoms with Crippen LogP contribution in [0.5, 0.6) is 0 Å². The summed E-state index contributed by atoms with van der Waals surface area (Å²) in [6, 6.07) is 0. The van der Waals surface area contributed by atoms with Gasteiger partial charge in [-0.25, -0.2) is 9.89 Å². The molecule has 0 radical (unpaired) electrons. The molecule has 0 unspecified atom stereocenters. The minimum absolute atomic E-state index is 0. The second-order valence-electron chi connectivity index (χ2n) is 1.54. The van der Waals surface area contributed by atoms with Crippen molar-refractivity contribution in [3.63, 3.8) is 0 Å². The van der Waals surface area contributed by atoms with Crippen molar-refractivity contribution in [2.24, 2.45) is 0 Å². The molecule has 6 heteroatoms. The lowest BCUT2D eigenvalue weighted by Gasteiger charge is -1.85. The normalized spacial score (nSPS) is 8.90. The summed E-state index contributed by atoms with van der Waals surface area (Å²) in [6.07, 6.45) is 0. The van der Waals surface area contributed by atoms with E-state index in [2.05, 4.69) is 19.9 Å². The van der Waals surface area contributed by atoms with Gasteiger partial charge in [-0.2, -0.15) is 0 Å². The van der Waals surface area contributed by atoms with Crippen molar-refractivity contribution in [1.82, 2.24) is 15.5 Å². The van der Waals surface area contributed by atoms with Crippen LogP contribution in [-0.2, 0) is 6.54 Å². The molecule has 0 aliphatic heterocycles. The Morgan fingerprint density at radius 3 is 2.90 bits per heavy atom. The zero-order valence-corrected chi connectivity index (χ0v) is 6.20. The van der Waals surface area contributed by atoms with Crippen molar-refractivity contribution in [1.29, 1.82) is 0 Å². The highest BCUT2D eigenvalue weighted by Gasteiger charge is 1.95. The van der Waals surface area contributed by atoms with E-state index in [-0.39, 0.29) is 12.4 Å². The second-order valence-corrected chi connectivity index (χ2v) is 1.54. The Hall–Kier alpha value is -0.810. The van der Waals surface area contributed by atoms with Crippen LogP contribution in [0.4, 0.5) is 0 Å². The van der Waals surface area contributed by atoms with E-state index in [4.69, 9.17) is 0 Å². The van der Waals surface area contributed by atoms with E-state index >= 15 is 0 Å². The van der Waals surface area contributed by atoms with Gasteiger partial charge in [-0.05, 0) is 7.05 Å². The van der Waals surface area contributed by atoms with Crippen LogP contribution in [0.3, 0.4) is 0 Å². The highest BCUT2D eigenvalue weighted by molar-refractivity contribution is 5.85. The number of nitrogens with zero attached hydrogens (tertiary/aromatic N) is 1. The number of rotatable bonds is 2. The molecule has 1 aromatic rings. The zero-order valence-electron chi connectivity index (χ0n) is 5.38. The number of nitrogens with one attached hydrogen (secondary N) is 2. The molecule has 0 saturated carbocycles. The molecule has 1 aromatic heterocycles. The first-order valence-electron chi connectivity index (χ1n) is 2.52. The van der Waals surface area contributed by atoms with Crippen molar-refractivity contribution in [3.8, 4) is 0 Å². The summed E-state index contributed by atoms with van der Waals surface area (Å²) in [4.78, 5) is 10.3. The molecule has 0 atom stereocenters. The van der Waals surface area contributed by atoms with E-state index in [1.54, 1.807) is 7.05 Å².